The number of benzene rings is 2. The van der Waals surface area contributed by atoms with Crippen molar-refractivity contribution < 1.29 is 4.79 Å². The van der Waals surface area contributed by atoms with Gasteiger partial charge in [-0.15, -0.1) is 0 Å². The molecule has 0 saturated carbocycles. The summed E-state index contributed by atoms with van der Waals surface area (Å²) in [7, 11) is 0. The average Bonchev–Trinajstić information content (AvgIpc) is 2.76. The number of carbonyl (C=O) groups is 1. The lowest BCUT2D eigenvalue weighted by Crippen LogP contribution is -2.33. The molecule has 0 aliphatic rings. The zero-order valence-electron chi connectivity index (χ0n) is 20.1. The van der Waals surface area contributed by atoms with E-state index in [9.17, 15) is 4.79 Å². The zero-order valence-corrected chi connectivity index (χ0v) is 20.9. The monoisotopic (exact) mass is 451 g/mol. The van der Waals surface area contributed by atoms with Gasteiger partial charge in [0.15, 0.2) is 0 Å². The Bertz CT molecular complexity index is 921. The normalized spacial score (nSPS) is 13.3. The Hall–Kier alpha value is -2.53. The lowest BCUT2D eigenvalue weighted by molar-refractivity contribution is -0.123. The maximum atomic E-state index is 12.3. The molecule has 0 fully saturated rings. The Balaban J connectivity index is 1.79. The number of amides is 1. The zero-order chi connectivity index (χ0) is 23.5. The molecule has 0 heterocycles. The van der Waals surface area contributed by atoms with Crippen molar-refractivity contribution >= 4 is 29.2 Å². The Labute approximate surface area is 198 Å². The highest BCUT2D eigenvalue weighted by molar-refractivity contribution is 8.03. The smallest absolute Gasteiger partial charge is 0.228 e. The molecule has 0 saturated heterocycles. The fraction of sp³-hybridized carbons (Fsp3) is 0.407. The van der Waals surface area contributed by atoms with Crippen LogP contribution < -0.4 is 10.6 Å². The predicted molar refractivity (Wildman–Crippen MR) is 138 cm³/mol. The maximum absolute atomic E-state index is 12.3. The van der Waals surface area contributed by atoms with Crippen LogP contribution in [-0.4, -0.2) is 18.3 Å². The minimum absolute atomic E-state index is 0.0105. The molecule has 0 bridgehead atoms. The summed E-state index contributed by atoms with van der Waals surface area (Å²) in [5.74, 6) is 1.21. The number of nitrogens with zero attached hydrogens (tertiary/aromatic N) is 1. The van der Waals surface area contributed by atoms with E-state index in [0.29, 0.717) is 11.8 Å². The van der Waals surface area contributed by atoms with Crippen LogP contribution in [0.3, 0.4) is 0 Å². The number of carbonyl (C=O) groups excluding carboxylic acids is 1. The molecule has 0 aromatic heterocycles. The first kappa shape index (κ1) is 25.7. The van der Waals surface area contributed by atoms with Crippen molar-refractivity contribution in [3.8, 4) is 0 Å². The molecule has 4 nitrogen and oxygen atoms in total. The predicted octanol–water partition coefficient (Wildman–Crippen LogP) is 6.63. The summed E-state index contributed by atoms with van der Waals surface area (Å²) in [4.78, 5) is 18.1. The van der Waals surface area contributed by atoms with E-state index in [1.54, 1.807) is 11.8 Å². The first-order valence-corrected chi connectivity index (χ1v) is 12.2. The molecule has 0 radical (unpaired) electrons. The van der Waals surface area contributed by atoms with Crippen LogP contribution in [0, 0.1) is 18.8 Å². The van der Waals surface area contributed by atoms with Gasteiger partial charge in [0.05, 0.1) is 10.7 Å². The number of aryl methyl sites for hydroxylation is 1. The number of rotatable bonds is 11. The number of hydrogen-bond acceptors (Lipinski definition) is 4. The first-order valence-electron chi connectivity index (χ1n) is 11.4. The van der Waals surface area contributed by atoms with E-state index in [0.717, 1.165) is 36.5 Å². The summed E-state index contributed by atoms with van der Waals surface area (Å²) in [6.45, 7) is 15.2. The van der Waals surface area contributed by atoms with Gasteiger partial charge in [0, 0.05) is 17.4 Å². The highest BCUT2D eigenvalue weighted by atomic mass is 32.2. The summed E-state index contributed by atoms with van der Waals surface area (Å²) >= 11 is 1.67. The lowest BCUT2D eigenvalue weighted by atomic mass is 9.95. The van der Waals surface area contributed by atoms with E-state index < -0.39 is 0 Å². The second kappa shape index (κ2) is 13.1. The van der Waals surface area contributed by atoms with E-state index in [1.165, 1.54) is 16.0 Å². The first-order chi connectivity index (χ1) is 15.3. The van der Waals surface area contributed by atoms with Crippen LogP contribution in [0.2, 0.25) is 0 Å². The molecule has 2 atom stereocenters. The van der Waals surface area contributed by atoms with Crippen LogP contribution in [0.1, 0.15) is 51.7 Å². The molecule has 32 heavy (non-hydrogen) atoms. The highest BCUT2D eigenvalue weighted by Gasteiger charge is 2.15. The van der Waals surface area contributed by atoms with Gasteiger partial charge in [-0.3, -0.25) is 4.79 Å². The van der Waals surface area contributed by atoms with Gasteiger partial charge >= 0.3 is 0 Å². The van der Waals surface area contributed by atoms with Gasteiger partial charge in [-0.05, 0) is 61.9 Å². The molecule has 5 heteroatoms. The SMILES string of the molecule is C=C(NCCc1ccc(N=C(C)NC(=O)C(C)CC(C)CC)cc1)Sc1ccccc1C. The Kier molecular flexibility index (Phi) is 10.5. The quantitative estimate of drug-likeness (QED) is 0.229. The fourth-order valence-corrected chi connectivity index (χ4v) is 4.14. The van der Waals surface area contributed by atoms with Crippen LogP contribution in [0.15, 0.2) is 70.0 Å². The molecule has 1 amide bonds. The lowest BCUT2D eigenvalue weighted by Gasteiger charge is -2.15. The molecular weight excluding hydrogens is 414 g/mol. The molecule has 0 spiro atoms. The Morgan fingerprint density at radius 2 is 1.81 bits per heavy atom. The van der Waals surface area contributed by atoms with Gasteiger partial charge in [-0.1, -0.05) is 75.9 Å². The summed E-state index contributed by atoms with van der Waals surface area (Å²) in [5.41, 5.74) is 3.33. The molecule has 2 aromatic carbocycles. The van der Waals surface area contributed by atoms with Crippen molar-refractivity contribution in [3.05, 3.63) is 71.3 Å². The van der Waals surface area contributed by atoms with Crippen LogP contribution in [0.5, 0.6) is 0 Å². The maximum Gasteiger partial charge on any atom is 0.228 e. The molecule has 2 rings (SSSR count). The van der Waals surface area contributed by atoms with Gasteiger partial charge in [-0.2, -0.15) is 0 Å². The highest BCUT2D eigenvalue weighted by Crippen LogP contribution is 2.26. The topological polar surface area (TPSA) is 53.5 Å². The van der Waals surface area contributed by atoms with Gasteiger partial charge in [0.2, 0.25) is 5.91 Å². The van der Waals surface area contributed by atoms with Gasteiger partial charge < -0.3 is 10.6 Å². The third-order valence-corrected chi connectivity index (χ3v) is 6.57. The van der Waals surface area contributed by atoms with Gasteiger partial charge in [0.25, 0.3) is 0 Å². The molecule has 2 N–H and O–H groups in total. The van der Waals surface area contributed by atoms with Crippen molar-refractivity contribution in [3.63, 3.8) is 0 Å². The molecule has 2 unspecified atom stereocenters. The summed E-state index contributed by atoms with van der Waals surface area (Å²) < 4.78 is 0. The van der Waals surface area contributed by atoms with Crippen LogP contribution in [0.25, 0.3) is 0 Å². The van der Waals surface area contributed by atoms with E-state index >= 15 is 0 Å². The molecule has 0 aliphatic carbocycles. The molecule has 0 aliphatic heterocycles. The second-order valence-corrected chi connectivity index (χ2v) is 9.61. The van der Waals surface area contributed by atoms with Crippen molar-refractivity contribution in [1.82, 2.24) is 10.6 Å². The molecule has 2 aromatic rings. The minimum atomic E-state index is -0.0105. The van der Waals surface area contributed by atoms with Crippen molar-refractivity contribution in [2.75, 3.05) is 6.54 Å². The Morgan fingerprint density at radius 3 is 2.47 bits per heavy atom. The van der Waals surface area contributed by atoms with Gasteiger partial charge in [0.1, 0.15) is 5.84 Å². The van der Waals surface area contributed by atoms with Gasteiger partial charge in [-0.25, -0.2) is 4.99 Å². The standard InChI is InChI=1S/C27H37N3OS/c1-7-19(2)18-21(4)27(31)30-22(5)29-25-14-12-24(13-15-25)16-17-28-23(6)32-26-11-9-8-10-20(26)3/h8-15,19,21,28H,6-7,16-18H2,1-5H3,(H,29,30,31). The third kappa shape index (κ3) is 8.91. The third-order valence-electron chi connectivity index (χ3n) is 5.50. The van der Waals surface area contributed by atoms with Crippen molar-refractivity contribution in [2.24, 2.45) is 16.8 Å². The largest absolute Gasteiger partial charge is 0.380 e. The molecular formula is C27H37N3OS. The second-order valence-electron chi connectivity index (χ2n) is 8.47. The number of amidine groups is 1. The number of nitrogens with one attached hydrogen (secondary N) is 2. The molecule has 172 valence electrons. The fourth-order valence-electron chi connectivity index (χ4n) is 3.32. The van der Waals surface area contributed by atoms with E-state index in [4.69, 9.17) is 0 Å². The van der Waals surface area contributed by atoms with Crippen molar-refractivity contribution in [1.29, 1.82) is 0 Å². The average molecular weight is 452 g/mol. The van der Waals surface area contributed by atoms with E-state index in [1.807, 2.05) is 38.1 Å². The summed E-state index contributed by atoms with van der Waals surface area (Å²) in [6.07, 6.45) is 2.89. The van der Waals surface area contributed by atoms with Crippen molar-refractivity contribution in [2.45, 2.75) is 58.8 Å². The van der Waals surface area contributed by atoms with E-state index in [-0.39, 0.29) is 11.8 Å². The number of thioether (sulfide) groups is 1. The Morgan fingerprint density at radius 1 is 1.12 bits per heavy atom. The van der Waals surface area contributed by atoms with Crippen LogP contribution in [-0.2, 0) is 11.2 Å². The minimum Gasteiger partial charge on any atom is -0.380 e. The number of aliphatic imine (C=N–C) groups is 1. The van der Waals surface area contributed by atoms with Crippen LogP contribution in [0.4, 0.5) is 5.69 Å². The van der Waals surface area contributed by atoms with E-state index in [2.05, 4.69) is 67.2 Å². The van der Waals surface area contributed by atoms with Crippen LogP contribution >= 0.6 is 11.8 Å². The number of hydrogen-bond donors (Lipinski definition) is 2. The summed E-state index contributed by atoms with van der Waals surface area (Å²) in [5, 5.41) is 7.28. The summed E-state index contributed by atoms with van der Waals surface area (Å²) in [6, 6.07) is 16.5.